The standard InChI is InChI=1S/C67H130O6/c1-7-62(5)54-48-42-36-30-24-17-13-11-9-10-12-14-19-26-32-38-44-50-56-65(68)71-59-64(73-67(70)58-52-46-40-34-28-22-21-23-29-35-41-47-53-61(3)4)60-72-66(69)57-51-45-39-33-27-20-16-15-18-25-31-37-43-49-55-63(6)8-2/h61-64H,7-60H2,1-6H3/t62?,63?,64-/m0/s1. The second kappa shape index (κ2) is 58.1. The molecule has 0 aromatic carbocycles. The van der Waals surface area contributed by atoms with Crippen molar-refractivity contribution in [3.63, 3.8) is 0 Å². The lowest BCUT2D eigenvalue weighted by Gasteiger charge is -2.18. The molecular formula is C67H130O6. The van der Waals surface area contributed by atoms with Crippen LogP contribution in [0.3, 0.4) is 0 Å². The van der Waals surface area contributed by atoms with Gasteiger partial charge in [-0.25, -0.2) is 0 Å². The zero-order chi connectivity index (χ0) is 53.3. The molecule has 3 atom stereocenters. The summed E-state index contributed by atoms with van der Waals surface area (Å²) in [6.07, 6.45) is 63.8. The Kier molecular flexibility index (Phi) is 56.8. The molecule has 0 aromatic heterocycles. The summed E-state index contributed by atoms with van der Waals surface area (Å²) < 4.78 is 17.0. The van der Waals surface area contributed by atoms with Gasteiger partial charge in [-0.1, -0.05) is 337 Å². The topological polar surface area (TPSA) is 78.9 Å². The fraction of sp³-hybridized carbons (Fsp3) is 0.955. The van der Waals surface area contributed by atoms with E-state index in [9.17, 15) is 14.4 Å². The molecule has 2 unspecified atom stereocenters. The first-order valence-electron chi connectivity index (χ1n) is 33.2. The van der Waals surface area contributed by atoms with E-state index in [2.05, 4.69) is 41.5 Å². The van der Waals surface area contributed by atoms with Gasteiger partial charge < -0.3 is 14.2 Å². The third-order valence-electron chi connectivity index (χ3n) is 16.1. The molecule has 0 amide bonds. The van der Waals surface area contributed by atoms with Crippen LogP contribution in [-0.2, 0) is 28.6 Å². The van der Waals surface area contributed by atoms with E-state index in [-0.39, 0.29) is 31.1 Å². The molecule has 0 radical (unpaired) electrons. The van der Waals surface area contributed by atoms with Crippen LogP contribution >= 0.6 is 0 Å². The van der Waals surface area contributed by atoms with E-state index in [0.29, 0.717) is 19.3 Å². The van der Waals surface area contributed by atoms with Gasteiger partial charge in [0.25, 0.3) is 0 Å². The Morgan fingerprint density at radius 3 is 0.712 bits per heavy atom. The molecule has 0 aliphatic rings. The molecule has 0 N–H and O–H groups in total. The third kappa shape index (κ3) is 57.9. The highest BCUT2D eigenvalue weighted by Gasteiger charge is 2.20. The first kappa shape index (κ1) is 71.4. The minimum Gasteiger partial charge on any atom is -0.462 e. The van der Waals surface area contributed by atoms with Gasteiger partial charge in [-0.3, -0.25) is 14.4 Å². The van der Waals surface area contributed by atoms with E-state index in [1.165, 1.54) is 257 Å². The van der Waals surface area contributed by atoms with Crippen LogP contribution in [0.15, 0.2) is 0 Å². The van der Waals surface area contributed by atoms with Gasteiger partial charge in [0.15, 0.2) is 6.10 Å². The normalized spacial score (nSPS) is 12.9. The molecule has 0 aliphatic carbocycles. The van der Waals surface area contributed by atoms with Crippen LogP contribution in [0.4, 0.5) is 0 Å². The predicted molar refractivity (Wildman–Crippen MR) is 316 cm³/mol. The average molecular weight is 1030 g/mol. The Morgan fingerprint density at radius 2 is 0.479 bits per heavy atom. The average Bonchev–Trinajstić information content (AvgIpc) is 3.38. The van der Waals surface area contributed by atoms with Crippen LogP contribution in [0, 0.1) is 17.8 Å². The lowest BCUT2D eigenvalue weighted by Crippen LogP contribution is -2.30. The van der Waals surface area contributed by atoms with Crippen LogP contribution in [0.25, 0.3) is 0 Å². The monoisotopic (exact) mass is 1030 g/mol. The van der Waals surface area contributed by atoms with Crippen molar-refractivity contribution in [3.8, 4) is 0 Å². The summed E-state index contributed by atoms with van der Waals surface area (Å²) >= 11 is 0. The number of esters is 3. The van der Waals surface area contributed by atoms with E-state index >= 15 is 0 Å². The zero-order valence-corrected chi connectivity index (χ0v) is 50.4. The van der Waals surface area contributed by atoms with Crippen molar-refractivity contribution in [1.29, 1.82) is 0 Å². The number of unbranched alkanes of at least 4 members (excludes halogenated alkanes) is 41. The van der Waals surface area contributed by atoms with Crippen molar-refractivity contribution in [3.05, 3.63) is 0 Å². The van der Waals surface area contributed by atoms with Crippen LogP contribution < -0.4 is 0 Å². The second-order valence-electron chi connectivity index (χ2n) is 24.1. The zero-order valence-electron chi connectivity index (χ0n) is 50.4. The Balaban J connectivity index is 4.26. The number of rotatable bonds is 60. The molecule has 0 saturated carbocycles. The van der Waals surface area contributed by atoms with Gasteiger partial charge in [0.05, 0.1) is 0 Å². The molecule has 6 nitrogen and oxygen atoms in total. The van der Waals surface area contributed by atoms with E-state index in [0.717, 1.165) is 75.5 Å². The summed E-state index contributed by atoms with van der Waals surface area (Å²) in [6.45, 7) is 13.9. The first-order valence-corrected chi connectivity index (χ1v) is 33.2. The molecule has 0 saturated heterocycles. The van der Waals surface area contributed by atoms with Gasteiger partial charge in [-0.2, -0.15) is 0 Å². The number of carbonyl (C=O) groups is 3. The summed E-state index contributed by atoms with van der Waals surface area (Å²) in [6, 6.07) is 0. The highest BCUT2D eigenvalue weighted by atomic mass is 16.6. The summed E-state index contributed by atoms with van der Waals surface area (Å²) in [5, 5.41) is 0. The summed E-state index contributed by atoms with van der Waals surface area (Å²) in [7, 11) is 0. The quantitative estimate of drug-likeness (QED) is 0.0343. The smallest absolute Gasteiger partial charge is 0.306 e. The molecule has 434 valence electrons. The highest BCUT2D eigenvalue weighted by Crippen LogP contribution is 2.20. The molecule has 0 heterocycles. The molecule has 0 aliphatic heterocycles. The van der Waals surface area contributed by atoms with Crippen LogP contribution in [0.5, 0.6) is 0 Å². The number of ether oxygens (including phenoxy) is 3. The Morgan fingerprint density at radius 1 is 0.274 bits per heavy atom. The van der Waals surface area contributed by atoms with Gasteiger partial charge in [0.2, 0.25) is 0 Å². The van der Waals surface area contributed by atoms with Gasteiger partial charge in [0.1, 0.15) is 13.2 Å². The predicted octanol–water partition coefficient (Wildman–Crippen LogP) is 22.2. The Labute approximate surface area is 457 Å². The van der Waals surface area contributed by atoms with Gasteiger partial charge in [-0.05, 0) is 37.0 Å². The van der Waals surface area contributed by atoms with E-state index in [1.807, 2.05) is 0 Å². The molecule has 0 spiro atoms. The number of carbonyl (C=O) groups excluding carboxylic acids is 3. The van der Waals surface area contributed by atoms with Crippen molar-refractivity contribution < 1.29 is 28.6 Å². The summed E-state index contributed by atoms with van der Waals surface area (Å²) in [5.41, 5.74) is 0. The molecule has 0 rings (SSSR count). The molecule has 73 heavy (non-hydrogen) atoms. The largest absolute Gasteiger partial charge is 0.462 e. The Hall–Kier alpha value is -1.59. The number of hydrogen-bond acceptors (Lipinski definition) is 6. The van der Waals surface area contributed by atoms with Gasteiger partial charge >= 0.3 is 17.9 Å². The van der Waals surface area contributed by atoms with Crippen molar-refractivity contribution in [2.24, 2.45) is 17.8 Å². The minimum atomic E-state index is -0.765. The lowest BCUT2D eigenvalue weighted by atomic mass is 9.99. The molecular weight excluding hydrogens is 901 g/mol. The SMILES string of the molecule is CCC(C)CCCCCCCCCCCCCCCCCCCCC(=O)OC[C@@H](COC(=O)CCCCCCCCCCCCCCCCC(C)CC)OC(=O)CCCCCCCCCCCCCCC(C)C. The second-order valence-corrected chi connectivity index (χ2v) is 24.1. The van der Waals surface area contributed by atoms with E-state index in [1.54, 1.807) is 0 Å². The van der Waals surface area contributed by atoms with Crippen molar-refractivity contribution >= 4 is 17.9 Å². The fourth-order valence-electron chi connectivity index (χ4n) is 10.3. The van der Waals surface area contributed by atoms with Crippen molar-refractivity contribution in [1.82, 2.24) is 0 Å². The maximum absolute atomic E-state index is 12.9. The van der Waals surface area contributed by atoms with E-state index in [4.69, 9.17) is 14.2 Å². The molecule has 0 bridgehead atoms. The van der Waals surface area contributed by atoms with E-state index < -0.39 is 6.10 Å². The lowest BCUT2D eigenvalue weighted by molar-refractivity contribution is -0.167. The van der Waals surface area contributed by atoms with Crippen molar-refractivity contribution in [2.75, 3.05) is 13.2 Å². The third-order valence-corrected chi connectivity index (χ3v) is 16.1. The van der Waals surface area contributed by atoms with Crippen LogP contribution in [-0.4, -0.2) is 37.2 Å². The molecule has 0 aromatic rings. The minimum absolute atomic E-state index is 0.0624. The van der Waals surface area contributed by atoms with Gasteiger partial charge in [-0.15, -0.1) is 0 Å². The maximum Gasteiger partial charge on any atom is 0.306 e. The van der Waals surface area contributed by atoms with Crippen LogP contribution in [0.1, 0.15) is 375 Å². The molecule has 6 heteroatoms. The van der Waals surface area contributed by atoms with Crippen molar-refractivity contribution in [2.45, 2.75) is 382 Å². The van der Waals surface area contributed by atoms with Gasteiger partial charge in [0, 0.05) is 19.3 Å². The first-order chi connectivity index (χ1) is 35.7. The summed E-state index contributed by atoms with van der Waals surface area (Å²) in [5.74, 6) is 1.80. The highest BCUT2D eigenvalue weighted by molar-refractivity contribution is 5.71. The fourth-order valence-corrected chi connectivity index (χ4v) is 10.3. The summed E-state index contributed by atoms with van der Waals surface area (Å²) in [4.78, 5) is 38.4. The maximum atomic E-state index is 12.9. The van der Waals surface area contributed by atoms with Crippen LogP contribution in [0.2, 0.25) is 0 Å². The number of hydrogen-bond donors (Lipinski definition) is 0. The Bertz CT molecular complexity index is 1140. The molecule has 0 fully saturated rings.